The molecule has 7 heteroatoms. The molecule has 0 saturated heterocycles. The average Bonchev–Trinajstić information content (AvgIpc) is 2.15. The van der Waals surface area contributed by atoms with Crippen molar-refractivity contribution in [1.82, 2.24) is 4.72 Å². The van der Waals surface area contributed by atoms with Crippen LogP contribution in [-0.4, -0.2) is 25.9 Å². The Balaban J connectivity index is 2.59. The number of benzene rings is 1. The van der Waals surface area contributed by atoms with Crippen LogP contribution in [0.1, 0.15) is 5.56 Å². The maximum atomic E-state index is 10.2. The van der Waals surface area contributed by atoms with Crippen molar-refractivity contribution in [2.75, 3.05) is 0 Å². The largest absolute Gasteiger partial charge is 0.760 e. The first-order valence-corrected chi connectivity index (χ1v) is 4.95. The molecular formula is C7H9BNO4S-. The van der Waals surface area contributed by atoms with Crippen LogP contribution in [0.25, 0.3) is 0 Å². The lowest BCUT2D eigenvalue weighted by molar-refractivity contribution is 0.425. The highest BCUT2D eigenvalue weighted by Crippen LogP contribution is 1.96. The summed E-state index contributed by atoms with van der Waals surface area (Å²) in [6.45, 7) is 0.192. The standard InChI is InChI=1S/C7H10BNO4S/c10-8(11)7-3-1-6(2-4-7)5-9-14(12)13/h1-4,9-11H,5H2,(H,12,13)/p-1. The second-order valence-electron chi connectivity index (χ2n) is 2.67. The number of hydrogen-bond donors (Lipinski definition) is 3. The second kappa shape index (κ2) is 5.23. The van der Waals surface area contributed by atoms with Gasteiger partial charge in [-0.25, -0.2) is 4.72 Å². The fraction of sp³-hybridized carbons (Fsp3) is 0.143. The zero-order valence-corrected chi connectivity index (χ0v) is 8.03. The van der Waals surface area contributed by atoms with E-state index >= 15 is 0 Å². The third-order valence-corrected chi connectivity index (χ3v) is 2.05. The normalized spacial score (nSPS) is 12.5. The van der Waals surface area contributed by atoms with E-state index in [2.05, 4.69) is 4.72 Å². The summed E-state index contributed by atoms with van der Waals surface area (Å²) in [5, 5.41) is 17.5. The smallest absolute Gasteiger partial charge is 0.488 e. The molecule has 3 N–H and O–H groups in total. The van der Waals surface area contributed by atoms with Crippen LogP contribution in [0.5, 0.6) is 0 Å². The maximum Gasteiger partial charge on any atom is 0.488 e. The molecule has 0 saturated carbocycles. The van der Waals surface area contributed by atoms with Gasteiger partial charge in [-0.2, -0.15) is 0 Å². The van der Waals surface area contributed by atoms with E-state index in [4.69, 9.17) is 10.0 Å². The zero-order chi connectivity index (χ0) is 10.6. The second-order valence-corrected chi connectivity index (χ2v) is 3.43. The molecule has 0 aliphatic carbocycles. The number of nitrogens with one attached hydrogen (secondary N) is 1. The first-order valence-electron chi connectivity index (χ1n) is 3.87. The minimum atomic E-state index is -2.28. The quantitative estimate of drug-likeness (QED) is 0.409. The summed E-state index contributed by atoms with van der Waals surface area (Å²) in [5.41, 5.74) is 1.12. The molecule has 1 rings (SSSR count). The van der Waals surface area contributed by atoms with E-state index in [1.54, 1.807) is 12.1 Å². The van der Waals surface area contributed by atoms with E-state index in [1.807, 2.05) is 0 Å². The molecule has 0 radical (unpaired) electrons. The van der Waals surface area contributed by atoms with Crippen LogP contribution in [0.3, 0.4) is 0 Å². The van der Waals surface area contributed by atoms with Gasteiger partial charge in [-0.3, -0.25) is 4.21 Å². The van der Waals surface area contributed by atoms with Crippen LogP contribution in [0.4, 0.5) is 0 Å². The SMILES string of the molecule is O=S([O-])NCc1ccc(B(O)O)cc1. The summed E-state index contributed by atoms with van der Waals surface area (Å²) in [7, 11) is -1.49. The van der Waals surface area contributed by atoms with Gasteiger partial charge in [-0.15, -0.1) is 0 Å². The van der Waals surface area contributed by atoms with Crippen molar-refractivity contribution in [3.63, 3.8) is 0 Å². The topological polar surface area (TPSA) is 92.6 Å². The van der Waals surface area contributed by atoms with Crippen molar-refractivity contribution >= 4 is 23.8 Å². The molecule has 14 heavy (non-hydrogen) atoms. The lowest BCUT2D eigenvalue weighted by Gasteiger charge is -2.07. The van der Waals surface area contributed by atoms with Gasteiger partial charge in [-0.1, -0.05) is 24.3 Å². The molecule has 1 aromatic carbocycles. The van der Waals surface area contributed by atoms with Crippen LogP contribution in [0.2, 0.25) is 0 Å². The van der Waals surface area contributed by atoms with Crippen LogP contribution < -0.4 is 10.2 Å². The highest BCUT2D eigenvalue weighted by molar-refractivity contribution is 7.77. The molecule has 0 aliphatic rings. The molecule has 0 fully saturated rings. The lowest BCUT2D eigenvalue weighted by atomic mass is 9.80. The fourth-order valence-corrected chi connectivity index (χ4v) is 1.23. The Morgan fingerprint density at radius 3 is 2.36 bits per heavy atom. The minimum absolute atomic E-state index is 0.192. The lowest BCUT2D eigenvalue weighted by Crippen LogP contribution is -2.29. The van der Waals surface area contributed by atoms with Crippen LogP contribution in [0.15, 0.2) is 24.3 Å². The summed E-state index contributed by atoms with van der Waals surface area (Å²) < 4.78 is 22.5. The monoisotopic (exact) mass is 214 g/mol. The van der Waals surface area contributed by atoms with Gasteiger partial charge >= 0.3 is 7.12 Å². The minimum Gasteiger partial charge on any atom is -0.760 e. The number of rotatable bonds is 4. The Kier molecular flexibility index (Phi) is 4.24. The molecule has 5 nitrogen and oxygen atoms in total. The van der Waals surface area contributed by atoms with Gasteiger partial charge in [0.05, 0.1) is 0 Å². The van der Waals surface area contributed by atoms with Gasteiger partial charge in [0.2, 0.25) is 0 Å². The molecule has 76 valence electrons. The molecule has 1 unspecified atom stereocenters. The van der Waals surface area contributed by atoms with Gasteiger partial charge < -0.3 is 14.6 Å². The van der Waals surface area contributed by atoms with E-state index < -0.39 is 18.4 Å². The highest BCUT2D eigenvalue weighted by atomic mass is 32.2. The van der Waals surface area contributed by atoms with Crippen molar-refractivity contribution in [1.29, 1.82) is 0 Å². The molecule has 0 heterocycles. The molecule has 1 aromatic rings. The van der Waals surface area contributed by atoms with Crippen molar-refractivity contribution in [2.45, 2.75) is 6.54 Å². The Bertz CT molecular complexity index is 316. The predicted molar refractivity (Wildman–Crippen MR) is 52.0 cm³/mol. The summed E-state index contributed by atoms with van der Waals surface area (Å²) in [4.78, 5) is 0. The van der Waals surface area contributed by atoms with E-state index in [1.165, 1.54) is 12.1 Å². The Hall–Kier alpha value is -0.725. The molecule has 1 atom stereocenters. The van der Waals surface area contributed by atoms with E-state index in [0.717, 1.165) is 5.56 Å². The van der Waals surface area contributed by atoms with Gasteiger partial charge in [0, 0.05) is 17.8 Å². The van der Waals surface area contributed by atoms with Gasteiger partial charge in [0.1, 0.15) is 0 Å². The third kappa shape index (κ3) is 3.56. The van der Waals surface area contributed by atoms with Crippen molar-refractivity contribution in [3.8, 4) is 0 Å². The molecule has 0 spiro atoms. The Labute approximate surface area is 84.3 Å². The zero-order valence-electron chi connectivity index (χ0n) is 7.21. The van der Waals surface area contributed by atoms with Gasteiger partial charge in [0.15, 0.2) is 0 Å². The summed E-state index contributed by atoms with van der Waals surface area (Å²) in [5.74, 6) is 0. The van der Waals surface area contributed by atoms with Crippen molar-refractivity contribution in [2.24, 2.45) is 0 Å². The van der Waals surface area contributed by atoms with E-state index in [9.17, 15) is 8.76 Å². The van der Waals surface area contributed by atoms with E-state index in [0.29, 0.717) is 5.46 Å². The summed E-state index contributed by atoms with van der Waals surface area (Å²) in [6.07, 6.45) is 0. The first-order chi connectivity index (χ1) is 6.59. The average molecular weight is 214 g/mol. The highest BCUT2D eigenvalue weighted by Gasteiger charge is 2.09. The third-order valence-electron chi connectivity index (χ3n) is 1.67. The van der Waals surface area contributed by atoms with Crippen LogP contribution in [-0.2, 0) is 17.8 Å². The Morgan fingerprint density at radius 2 is 1.93 bits per heavy atom. The van der Waals surface area contributed by atoms with Crippen molar-refractivity contribution in [3.05, 3.63) is 29.8 Å². The number of hydrogen-bond acceptors (Lipinski definition) is 4. The van der Waals surface area contributed by atoms with E-state index in [-0.39, 0.29) is 6.54 Å². The maximum absolute atomic E-state index is 10.2. The Morgan fingerprint density at radius 1 is 1.36 bits per heavy atom. The summed E-state index contributed by atoms with van der Waals surface area (Å²) >= 11 is -2.28. The molecular weight excluding hydrogens is 205 g/mol. The molecule has 0 bridgehead atoms. The first kappa shape index (κ1) is 11.4. The summed E-state index contributed by atoms with van der Waals surface area (Å²) in [6, 6.07) is 6.29. The molecule has 0 aromatic heterocycles. The van der Waals surface area contributed by atoms with Crippen LogP contribution in [0, 0.1) is 0 Å². The molecule has 0 amide bonds. The fourth-order valence-electron chi connectivity index (χ4n) is 0.950. The van der Waals surface area contributed by atoms with Crippen LogP contribution >= 0.6 is 0 Å². The van der Waals surface area contributed by atoms with Gasteiger partial charge in [-0.05, 0) is 11.0 Å². The van der Waals surface area contributed by atoms with Gasteiger partial charge in [0.25, 0.3) is 0 Å². The predicted octanol–water partition coefficient (Wildman–Crippen LogP) is -1.75. The van der Waals surface area contributed by atoms with Crippen molar-refractivity contribution < 1.29 is 18.8 Å². The molecule has 0 aliphatic heterocycles.